The highest BCUT2D eigenvalue weighted by molar-refractivity contribution is 5.80. The Morgan fingerprint density at radius 1 is 1.47 bits per heavy atom. The molecule has 102 valence electrons. The number of rotatable bonds is 7. The topological polar surface area (TPSA) is 64.6 Å². The van der Waals surface area contributed by atoms with Gasteiger partial charge in [0.05, 0.1) is 25.7 Å². The van der Waals surface area contributed by atoms with E-state index < -0.39 is 0 Å². The van der Waals surface area contributed by atoms with Gasteiger partial charge in [0, 0.05) is 6.04 Å². The predicted molar refractivity (Wildman–Crippen MR) is 69.7 cm³/mol. The van der Waals surface area contributed by atoms with Gasteiger partial charge in [0.2, 0.25) is 5.91 Å². The van der Waals surface area contributed by atoms with Crippen LogP contribution in [0.4, 0.5) is 0 Å². The molecule has 1 aliphatic carbocycles. The first kappa shape index (κ1) is 13.4. The lowest BCUT2D eigenvalue weighted by molar-refractivity contribution is -0.121. The number of benzene rings is 1. The van der Waals surface area contributed by atoms with E-state index in [9.17, 15) is 9.59 Å². The summed E-state index contributed by atoms with van der Waals surface area (Å²) in [7, 11) is 1.53. The molecule has 0 saturated heterocycles. The molecule has 0 aliphatic heterocycles. The highest BCUT2D eigenvalue weighted by atomic mass is 16.5. The van der Waals surface area contributed by atoms with Crippen molar-refractivity contribution in [2.45, 2.75) is 25.3 Å². The minimum Gasteiger partial charge on any atom is -0.497 e. The van der Waals surface area contributed by atoms with Crippen LogP contribution >= 0.6 is 0 Å². The predicted octanol–water partition coefficient (Wildman–Crippen LogP) is 1.56. The first-order valence-corrected chi connectivity index (χ1v) is 6.28. The largest absolute Gasteiger partial charge is 0.497 e. The van der Waals surface area contributed by atoms with Gasteiger partial charge in [-0.05, 0) is 31.0 Å². The van der Waals surface area contributed by atoms with Crippen LogP contribution in [0, 0.1) is 0 Å². The van der Waals surface area contributed by atoms with Crippen molar-refractivity contribution in [3.8, 4) is 11.5 Å². The van der Waals surface area contributed by atoms with E-state index in [0.717, 1.165) is 12.8 Å². The molecule has 19 heavy (non-hydrogen) atoms. The molecule has 0 atom stereocenters. The van der Waals surface area contributed by atoms with Crippen molar-refractivity contribution >= 4 is 12.2 Å². The molecule has 1 aromatic rings. The summed E-state index contributed by atoms with van der Waals surface area (Å²) in [6.45, 7) is 0.256. The van der Waals surface area contributed by atoms with Crippen LogP contribution in [-0.2, 0) is 4.79 Å². The lowest BCUT2D eigenvalue weighted by atomic mass is 10.2. The molecule has 1 fully saturated rings. The first-order valence-electron chi connectivity index (χ1n) is 6.28. The van der Waals surface area contributed by atoms with Gasteiger partial charge in [-0.1, -0.05) is 0 Å². The number of hydrogen-bond acceptors (Lipinski definition) is 4. The van der Waals surface area contributed by atoms with Crippen LogP contribution < -0.4 is 14.8 Å². The molecule has 1 aromatic carbocycles. The summed E-state index contributed by atoms with van der Waals surface area (Å²) in [5, 5.41) is 2.88. The molecule has 5 heteroatoms. The van der Waals surface area contributed by atoms with Crippen LogP contribution in [0.25, 0.3) is 0 Å². The second-order valence-corrected chi connectivity index (χ2v) is 4.46. The van der Waals surface area contributed by atoms with E-state index in [0.29, 0.717) is 35.8 Å². The summed E-state index contributed by atoms with van der Waals surface area (Å²) < 4.78 is 10.5. The van der Waals surface area contributed by atoms with Crippen molar-refractivity contribution in [2.75, 3.05) is 13.7 Å². The molecule has 1 saturated carbocycles. The van der Waals surface area contributed by atoms with E-state index in [1.54, 1.807) is 18.2 Å². The van der Waals surface area contributed by atoms with Gasteiger partial charge in [-0.15, -0.1) is 0 Å². The molecule has 0 heterocycles. The number of hydrogen-bond donors (Lipinski definition) is 1. The Morgan fingerprint density at radius 3 is 2.89 bits per heavy atom. The average molecular weight is 263 g/mol. The van der Waals surface area contributed by atoms with Crippen molar-refractivity contribution < 1.29 is 19.1 Å². The molecule has 5 nitrogen and oxygen atoms in total. The summed E-state index contributed by atoms with van der Waals surface area (Å²) in [6, 6.07) is 5.35. The molecule has 1 aliphatic rings. The van der Waals surface area contributed by atoms with Crippen LogP contribution in [0.3, 0.4) is 0 Å². The zero-order valence-electron chi connectivity index (χ0n) is 10.8. The van der Waals surface area contributed by atoms with Crippen molar-refractivity contribution in [1.29, 1.82) is 0 Å². The lowest BCUT2D eigenvalue weighted by Gasteiger charge is -2.09. The Balaban J connectivity index is 1.84. The molecule has 0 unspecified atom stereocenters. The number of carbonyl (C=O) groups is 2. The van der Waals surface area contributed by atoms with E-state index in [-0.39, 0.29) is 12.5 Å². The van der Waals surface area contributed by atoms with Crippen molar-refractivity contribution in [3.63, 3.8) is 0 Å². The van der Waals surface area contributed by atoms with Gasteiger partial charge in [0.1, 0.15) is 11.5 Å². The summed E-state index contributed by atoms with van der Waals surface area (Å²) in [5.74, 6) is 1.06. The zero-order valence-corrected chi connectivity index (χ0v) is 10.8. The number of ether oxygens (including phenoxy) is 2. The molecule has 0 bridgehead atoms. The molecule has 0 radical (unpaired) electrons. The molecule has 1 amide bonds. The number of methoxy groups -OCH3 is 1. The third-order valence-corrected chi connectivity index (χ3v) is 2.87. The van der Waals surface area contributed by atoms with E-state index in [1.165, 1.54) is 7.11 Å². The minimum atomic E-state index is -0.0105. The molecular weight excluding hydrogens is 246 g/mol. The third kappa shape index (κ3) is 3.98. The Labute approximate surface area is 111 Å². The Morgan fingerprint density at radius 2 is 2.26 bits per heavy atom. The Kier molecular flexibility index (Phi) is 4.39. The maximum Gasteiger partial charge on any atom is 0.223 e. The lowest BCUT2D eigenvalue weighted by Crippen LogP contribution is -2.26. The van der Waals surface area contributed by atoms with Crippen LogP contribution in [0.1, 0.15) is 29.6 Å². The number of carbonyl (C=O) groups excluding carboxylic acids is 2. The Bertz CT molecular complexity index is 469. The zero-order chi connectivity index (χ0) is 13.7. The fraction of sp³-hybridized carbons (Fsp3) is 0.429. The molecular formula is C14H17NO4. The smallest absolute Gasteiger partial charge is 0.223 e. The van der Waals surface area contributed by atoms with Gasteiger partial charge < -0.3 is 14.8 Å². The summed E-state index contributed by atoms with van der Waals surface area (Å²) >= 11 is 0. The van der Waals surface area contributed by atoms with Gasteiger partial charge in [-0.25, -0.2) is 0 Å². The van der Waals surface area contributed by atoms with E-state index in [4.69, 9.17) is 9.47 Å². The third-order valence-electron chi connectivity index (χ3n) is 2.87. The summed E-state index contributed by atoms with van der Waals surface area (Å²) in [4.78, 5) is 22.4. The van der Waals surface area contributed by atoms with Gasteiger partial charge >= 0.3 is 0 Å². The maximum absolute atomic E-state index is 11.5. The highest BCUT2D eigenvalue weighted by Crippen LogP contribution is 2.23. The molecule has 1 N–H and O–H groups in total. The van der Waals surface area contributed by atoms with E-state index in [2.05, 4.69) is 5.32 Å². The quantitative estimate of drug-likeness (QED) is 0.758. The van der Waals surface area contributed by atoms with Crippen LogP contribution in [-0.4, -0.2) is 32.0 Å². The van der Waals surface area contributed by atoms with Gasteiger partial charge in [-0.3, -0.25) is 9.59 Å². The fourth-order valence-electron chi connectivity index (χ4n) is 1.66. The normalized spacial score (nSPS) is 13.7. The fourth-order valence-corrected chi connectivity index (χ4v) is 1.66. The first-order chi connectivity index (χ1) is 9.22. The SMILES string of the molecule is COc1ccc(OCCC(=O)NC2CC2)c(C=O)c1. The Hall–Kier alpha value is -2.04. The second-order valence-electron chi connectivity index (χ2n) is 4.46. The van der Waals surface area contributed by atoms with Crippen molar-refractivity contribution in [3.05, 3.63) is 23.8 Å². The molecule has 2 rings (SSSR count). The van der Waals surface area contributed by atoms with E-state index in [1.807, 2.05) is 0 Å². The summed E-state index contributed by atoms with van der Waals surface area (Å²) in [5.41, 5.74) is 0.418. The average Bonchev–Trinajstić information content (AvgIpc) is 3.22. The molecule has 0 spiro atoms. The van der Waals surface area contributed by atoms with Crippen molar-refractivity contribution in [1.82, 2.24) is 5.32 Å². The standard InChI is InChI=1S/C14H17NO4/c1-18-12-4-5-13(10(8-12)9-16)19-7-6-14(17)15-11-2-3-11/h4-5,8-9,11H,2-3,6-7H2,1H3,(H,15,17). The van der Waals surface area contributed by atoms with Gasteiger partial charge in [0.15, 0.2) is 6.29 Å². The maximum atomic E-state index is 11.5. The number of aldehydes is 1. The van der Waals surface area contributed by atoms with Crippen LogP contribution in [0.5, 0.6) is 11.5 Å². The second kappa shape index (κ2) is 6.22. The highest BCUT2D eigenvalue weighted by Gasteiger charge is 2.22. The number of amides is 1. The summed E-state index contributed by atoms with van der Waals surface area (Å²) in [6.07, 6.45) is 3.14. The molecule has 0 aromatic heterocycles. The monoisotopic (exact) mass is 263 g/mol. The number of nitrogens with one attached hydrogen (secondary N) is 1. The van der Waals surface area contributed by atoms with Gasteiger partial charge in [-0.2, -0.15) is 0 Å². The van der Waals surface area contributed by atoms with Crippen molar-refractivity contribution in [2.24, 2.45) is 0 Å². The van der Waals surface area contributed by atoms with Crippen LogP contribution in [0.15, 0.2) is 18.2 Å². The van der Waals surface area contributed by atoms with E-state index >= 15 is 0 Å². The van der Waals surface area contributed by atoms with Gasteiger partial charge in [0.25, 0.3) is 0 Å². The van der Waals surface area contributed by atoms with Crippen LogP contribution in [0.2, 0.25) is 0 Å². The minimum absolute atomic E-state index is 0.0105.